The van der Waals surface area contributed by atoms with Crippen molar-refractivity contribution in [1.29, 1.82) is 0 Å². The van der Waals surface area contributed by atoms with E-state index < -0.39 is 11.7 Å². The fraction of sp³-hybridized carbons (Fsp3) is 0.176. The van der Waals surface area contributed by atoms with Gasteiger partial charge in [0, 0.05) is 10.0 Å². The lowest BCUT2D eigenvalue weighted by atomic mass is 9.84. The molecule has 2 aromatic carbocycles. The average molecular weight is 364 g/mol. The maximum Gasteiger partial charge on any atom is 0.139 e. The highest BCUT2D eigenvalue weighted by molar-refractivity contribution is 6.30. The summed E-state index contributed by atoms with van der Waals surface area (Å²) >= 11 is 11.8. The van der Waals surface area contributed by atoms with E-state index >= 15 is 0 Å². The molecule has 0 bridgehead atoms. The van der Waals surface area contributed by atoms with Crippen LogP contribution in [0.5, 0.6) is 0 Å². The fourth-order valence-corrected chi connectivity index (χ4v) is 2.81. The average Bonchev–Trinajstić information content (AvgIpc) is 3.08. The van der Waals surface area contributed by atoms with Crippen LogP contribution in [0, 0.1) is 0 Å². The number of hydrogen-bond acceptors (Lipinski definition) is 4. The minimum absolute atomic E-state index is 0.0262. The Hall–Kier alpha value is -1.92. The summed E-state index contributed by atoms with van der Waals surface area (Å²) in [5.74, 6) is 0. The van der Waals surface area contributed by atoms with Crippen LogP contribution in [0.1, 0.15) is 17.2 Å². The van der Waals surface area contributed by atoms with Crippen molar-refractivity contribution in [3.05, 3.63) is 82.4 Å². The number of hydrogen-bond donors (Lipinski definition) is 2. The fourth-order valence-electron chi connectivity index (χ4n) is 2.56. The molecule has 0 aliphatic heterocycles. The smallest absolute Gasteiger partial charge is 0.139 e. The van der Waals surface area contributed by atoms with E-state index in [1.807, 2.05) is 0 Å². The third-order valence-electron chi connectivity index (χ3n) is 3.85. The summed E-state index contributed by atoms with van der Waals surface area (Å²) in [6.07, 6.45) is 1.66. The molecule has 0 amide bonds. The zero-order valence-corrected chi connectivity index (χ0v) is 14.1. The minimum Gasteiger partial charge on any atom is -0.385 e. The van der Waals surface area contributed by atoms with E-state index in [1.165, 1.54) is 17.3 Å². The summed E-state index contributed by atoms with van der Waals surface area (Å²) in [5, 5.41) is 27.3. The van der Waals surface area contributed by atoms with Gasteiger partial charge in [-0.25, -0.2) is 9.67 Å². The molecule has 24 heavy (non-hydrogen) atoms. The van der Waals surface area contributed by atoms with Crippen molar-refractivity contribution < 1.29 is 10.2 Å². The van der Waals surface area contributed by atoms with Gasteiger partial charge in [-0.1, -0.05) is 47.5 Å². The summed E-state index contributed by atoms with van der Waals surface area (Å²) in [6, 6.07) is 13.4. The van der Waals surface area contributed by atoms with Gasteiger partial charge in [0.1, 0.15) is 24.4 Å². The first-order valence-electron chi connectivity index (χ1n) is 7.23. The van der Waals surface area contributed by atoms with Gasteiger partial charge < -0.3 is 10.2 Å². The van der Waals surface area contributed by atoms with Crippen LogP contribution in [-0.4, -0.2) is 25.0 Å². The van der Waals surface area contributed by atoms with Crippen molar-refractivity contribution in [2.24, 2.45) is 0 Å². The van der Waals surface area contributed by atoms with E-state index in [1.54, 1.807) is 48.5 Å². The zero-order valence-electron chi connectivity index (χ0n) is 12.5. The normalized spacial score (nSPS) is 15.0. The van der Waals surface area contributed by atoms with Gasteiger partial charge in [0.25, 0.3) is 0 Å². The number of halogens is 2. The molecular weight excluding hydrogens is 349 g/mol. The largest absolute Gasteiger partial charge is 0.385 e. The molecule has 0 aliphatic carbocycles. The van der Waals surface area contributed by atoms with Crippen molar-refractivity contribution in [3.63, 3.8) is 0 Å². The second kappa shape index (κ2) is 6.91. The molecule has 2 N–H and O–H groups in total. The molecule has 3 aromatic rings. The van der Waals surface area contributed by atoms with Crippen LogP contribution in [0.4, 0.5) is 0 Å². The van der Waals surface area contributed by atoms with E-state index in [2.05, 4.69) is 10.1 Å². The monoisotopic (exact) mass is 363 g/mol. The van der Waals surface area contributed by atoms with Crippen molar-refractivity contribution >= 4 is 23.2 Å². The zero-order chi connectivity index (χ0) is 17.2. The Labute approximate surface area is 149 Å². The maximum atomic E-state index is 11.3. The molecule has 2 atom stereocenters. The van der Waals surface area contributed by atoms with Crippen molar-refractivity contribution in [2.45, 2.75) is 18.2 Å². The second-order valence-corrected chi connectivity index (χ2v) is 6.35. The summed E-state index contributed by atoms with van der Waals surface area (Å²) in [5.41, 5.74) is -0.562. The molecule has 3 rings (SSSR count). The van der Waals surface area contributed by atoms with E-state index in [4.69, 9.17) is 23.2 Å². The molecule has 0 spiro atoms. The molecule has 1 heterocycles. The Balaban J connectivity index is 2.03. The molecule has 0 aliphatic rings. The first-order valence-corrected chi connectivity index (χ1v) is 7.99. The van der Waals surface area contributed by atoms with Crippen LogP contribution in [0.25, 0.3) is 0 Å². The maximum absolute atomic E-state index is 11.3. The van der Waals surface area contributed by atoms with Gasteiger partial charge in [-0.15, -0.1) is 0 Å². The number of benzene rings is 2. The summed E-state index contributed by atoms with van der Waals surface area (Å²) in [7, 11) is 0. The lowest BCUT2D eigenvalue weighted by Crippen LogP contribution is -2.38. The van der Waals surface area contributed by atoms with Crippen LogP contribution < -0.4 is 0 Å². The first kappa shape index (κ1) is 16.9. The standard InChI is InChI=1S/C17H15Cl2N3O2/c18-14-5-1-12(2-6-14)16(23)17(24,9-22-11-20-10-21-22)13-3-7-15(19)8-4-13/h1-8,10-11,16,23-24H,9H2/t16-,17-/m0/s1. The molecule has 0 radical (unpaired) electrons. The predicted molar refractivity (Wildman–Crippen MR) is 91.8 cm³/mol. The highest BCUT2D eigenvalue weighted by Gasteiger charge is 2.39. The third-order valence-corrected chi connectivity index (χ3v) is 4.36. The second-order valence-electron chi connectivity index (χ2n) is 5.48. The van der Waals surface area contributed by atoms with Crippen LogP contribution in [0.15, 0.2) is 61.2 Å². The topological polar surface area (TPSA) is 71.2 Å². The molecule has 124 valence electrons. The van der Waals surface area contributed by atoms with Crippen LogP contribution in [0.3, 0.4) is 0 Å². The molecule has 0 fully saturated rings. The minimum atomic E-state index is -1.62. The molecule has 7 heteroatoms. The lowest BCUT2D eigenvalue weighted by Gasteiger charge is -2.33. The molecule has 0 saturated heterocycles. The summed E-state index contributed by atoms with van der Waals surface area (Å²) < 4.78 is 1.47. The highest BCUT2D eigenvalue weighted by atomic mass is 35.5. The number of nitrogens with zero attached hydrogens (tertiary/aromatic N) is 3. The van der Waals surface area contributed by atoms with Gasteiger partial charge in [-0.2, -0.15) is 5.10 Å². The van der Waals surface area contributed by atoms with Gasteiger partial charge >= 0.3 is 0 Å². The Morgan fingerprint density at radius 2 is 1.58 bits per heavy atom. The summed E-state index contributed by atoms with van der Waals surface area (Å²) in [4.78, 5) is 3.88. The molecular formula is C17H15Cl2N3O2. The van der Waals surface area contributed by atoms with Gasteiger partial charge in [-0.05, 0) is 35.4 Å². The number of aliphatic hydroxyl groups excluding tert-OH is 1. The van der Waals surface area contributed by atoms with Crippen molar-refractivity contribution in [2.75, 3.05) is 0 Å². The number of aliphatic hydroxyl groups is 2. The Bertz CT molecular complexity index is 792. The van der Waals surface area contributed by atoms with E-state index in [0.717, 1.165) is 0 Å². The van der Waals surface area contributed by atoms with Crippen molar-refractivity contribution in [3.8, 4) is 0 Å². The Kier molecular flexibility index (Phi) is 4.87. The lowest BCUT2D eigenvalue weighted by molar-refractivity contribution is -0.0965. The molecule has 0 unspecified atom stereocenters. The number of aromatic nitrogens is 3. The summed E-state index contributed by atoms with van der Waals surface area (Å²) in [6.45, 7) is 0.0262. The molecule has 5 nitrogen and oxygen atoms in total. The number of rotatable bonds is 5. The predicted octanol–water partition coefficient (Wildman–Crippen LogP) is 3.21. The molecule has 0 saturated carbocycles. The SMILES string of the molecule is O[C@@H](c1ccc(Cl)cc1)[C@](O)(Cn1cncn1)c1ccc(Cl)cc1. The highest BCUT2D eigenvalue weighted by Crippen LogP contribution is 2.37. The van der Waals surface area contributed by atoms with Gasteiger partial charge in [0.2, 0.25) is 0 Å². The Morgan fingerprint density at radius 3 is 2.12 bits per heavy atom. The van der Waals surface area contributed by atoms with E-state index in [9.17, 15) is 10.2 Å². The van der Waals surface area contributed by atoms with E-state index in [-0.39, 0.29) is 6.54 Å². The van der Waals surface area contributed by atoms with Gasteiger partial charge in [-0.3, -0.25) is 0 Å². The van der Waals surface area contributed by atoms with Crippen LogP contribution >= 0.6 is 23.2 Å². The van der Waals surface area contributed by atoms with Crippen molar-refractivity contribution in [1.82, 2.24) is 14.8 Å². The Morgan fingerprint density at radius 1 is 1.00 bits per heavy atom. The van der Waals surface area contributed by atoms with E-state index in [0.29, 0.717) is 21.2 Å². The third kappa shape index (κ3) is 3.44. The van der Waals surface area contributed by atoms with Crippen LogP contribution in [0.2, 0.25) is 10.0 Å². The quantitative estimate of drug-likeness (QED) is 0.729. The van der Waals surface area contributed by atoms with Crippen LogP contribution in [-0.2, 0) is 12.1 Å². The van der Waals surface area contributed by atoms with Gasteiger partial charge in [0.15, 0.2) is 0 Å². The van der Waals surface area contributed by atoms with Gasteiger partial charge in [0.05, 0.1) is 6.54 Å². The molecule has 1 aromatic heterocycles. The first-order chi connectivity index (χ1) is 11.5.